The van der Waals surface area contributed by atoms with E-state index in [1.165, 1.54) is 41.8 Å². The number of para-hydroxylation sites is 1. The van der Waals surface area contributed by atoms with Crippen LogP contribution in [0.15, 0.2) is 48.5 Å². The van der Waals surface area contributed by atoms with Gasteiger partial charge in [0.1, 0.15) is 0 Å². The van der Waals surface area contributed by atoms with Gasteiger partial charge in [0.25, 0.3) is 0 Å². The van der Waals surface area contributed by atoms with Crippen molar-refractivity contribution in [1.29, 1.82) is 0 Å². The molecule has 2 heteroatoms. The fraction of sp³-hybridized carbons (Fsp3) is 0.333. The van der Waals surface area contributed by atoms with Crippen molar-refractivity contribution in [2.75, 3.05) is 18.5 Å². The molecular formula is C18H22N2. The largest absolute Gasteiger partial charge is 0.341 e. The smallest absolute Gasteiger partial charge is 0.0443 e. The first-order valence-electron chi connectivity index (χ1n) is 7.47. The zero-order chi connectivity index (χ0) is 13.8. The van der Waals surface area contributed by atoms with Gasteiger partial charge in [0.05, 0.1) is 0 Å². The average Bonchev–Trinajstić information content (AvgIpc) is 2.71. The Morgan fingerprint density at radius 1 is 1.00 bits per heavy atom. The molecular weight excluding hydrogens is 244 g/mol. The van der Waals surface area contributed by atoms with Crippen molar-refractivity contribution in [2.24, 2.45) is 0 Å². The van der Waals surface area contributed by atoms with Crippen LogP contribution in [0.1, 0.15) is 24.0 Å². The van der Waals surface area contributed by atoms with Gasteiger partial charge in [-0.2, -0.15) is 0 Å². The highest BCUT2D eigenvalue weighted by Gasteiger charge is 2.15. The molecule has 0 bridgehead atoms. The third kappa shape index (κ3) is 2.70. The molecule has 1 aliphatic heterocycles. The predicted octanol–water partition coefficient (Wildman–Crippen LogP) is 3.88. The average molecular weight is 266 g/mol. The van der Waals surface area contributed by atoms with Crippen LogP contribution >= 0.6 is 0 Å². The molecule has 0 unspecified atom stereocenters. The lowest BCUT2D eigenvalue weighted by atomic mass is 10.1. The van der Waals surface area contributed by atoms with Crippen molar-refractivity contribution in [1.82, 2.24) is 5.32 Å². The van der Waals surface area contributed by atoms with Crippen LogP contribution in [0, 0.1) is 0 Å². The summed E-state index contributed by atoms with van der Waals surface area (Å²) in [6, 6.07) is 17.7. The van der Waals surface area contributed by atoms with E-state index in [4.69, 9.17) is 0 Å². The number of aryl methyl sites for hydroxylation is 1. The maximum atomic E-state index is 3.20. The zero-order valence-electron chi connectivity index (χ0n) is 12.1. The van der Waals surface area contributed by atoms with Crippen molar-refractivity contribution in [3.63, 3.8) is 0 Å². The Balaban J connectivity index is 1.92. The van der Waals surface area contributed by atoms with Crippen molar-refractivity contribution in [2.45, 2.75) is 25.8 Å². The monoisotopic (exact) mass is 266 g/mol. The van der Waals surface area contributed by atoms with E-state index in [0.29, 0.717) is 0 Å². The standard InChI is InChI=1S/C18H22N2/c1-19-14-15-9-11-17(12-10-15)20-13-5-4-7-16-6-2-3-8-18(16)20/h2-3,6,8-12,19H,4-5,7,13-14H2,1H3. The van der Waals surface area contributed by atoms with Crippen molar-refractivity contribution >= 4 is 11.4 Å². The lowest BCUT2D eigenvalue weighted by Gasteiger charge is -2.25. The van der Waals surface area contributed by atoms with Gasteiger partial charge in [-0.1, -0.05) is 30.3 Å². The van der Waals surface area contributed by atoms with Gasteiger partial charge < -0.3 is 10.2 Å². The summed E-state index contributed by atoms with van der Waals surface area (Å²) in [6.45, 7) is 2.04. The van der Waals surface area contributed by atoms with Crippen LogP contribution in [-0.2, 0) is 13.0 Å². The van der Waals surface area contributed by atoms with E-state index >= 15 is 0 Å². The molecule has 0 radical (unpaired) electrons. The van der Waals surface area contributed by atoms with Crippen molar-refractivity contribution < 1.29 is 0 Å². The number of nitrogens with one attached hydrogen (secondary N) is 1. The summed E-state index contributed by atoms with van der Waals surface area (Å²) in [5, 5.41) is 3.20. The quantitative estimate of drug-likeness (QED) is 0.907. The highest BCUT2D eigenvalue weighted by molar-refractivity contribution is 5.67. The molecule has 2 aromatic rings. The van der Waals surface area contributed by atoms with E-state index in [9.17, 15) is 0 Å². The maximum Gasteiger partial charge on any atom is 0.0443 e. The topological polar surface area (TPSA) is 15.3 Å². The van der Waals surface area contributed by atoms with E-state index in [1.807, 2.05) is 7.05 Å². The maximum absolute atomic E-state index is 3.20. The van der Waals surface area contributed by atoms with E-state index in [0.717, 1.165) is 13.1 Å². The van der Waals surface area contributed by atoms with Gasteiger partial charge in [-0.3, -0.25) is 0 Å². The number of rotatable bonds is 3. The summed E-state index contributed by atoms with van der Waals surface area (Å²) < 4.78 is 0. The Hall–Kier alpha value is -1.80. The van der Waals surface area contributed by atoms with Gasteiger partial charge in [-0.25, -0.2) is 0 Å². The second kappa shape index (κ2) is 6.10. The number of fused-ring (bicyclic) bond motifs is 1. The minimum atomic E-state index is 0.927. The number of nitrogens with zero attached hydrogens (tertiary/aromatic N) is 1. The molecule has 0 aromatic heterocycles. The van der Waals surface area contributed by atoms with E-state index < -0.39 is 0 Å². The Labute approximate surface area is 121 Å². The van der Waals surface area contributed by atoms with Crippen LogP contribution in [0.5, 0.6) is 0 Å². The summed E-state index contributed by atoms with van der Waals surface area (Å²) >= 11 is 0. The molecule has 1 heterocycles. The first kappa shape index (κ1) is 13.2. The van der Waals surface area contributed by atoms with Gasteiger partial charge >= 0.3 is 0 Å². The number of anilines is 2. The fourth-order valence-electron chi connectivity index (χ4n) is 2.96. The first-order valence-corrected chi connectivity index (χ1v) is 7.47. The Morgan fingerprint density at radius 3 is 2.60 bits per heavy atom. The molecule has 104 valence electrons. The minimum absolute atomic E-state index is 0.927. The summed E-state index contributed by atoms with van der Waals surface area (Å²) in [7, 11) is 1.99. The molecule has 0 aliphatic carbocycles. The zero-order valence-corrected chi connectivity index (χ0v) is 12.1. The molecule has 2 aromatic carbocycles. The van der Waals surface area contributed by atoms with Crippen molar-refractivity contribution in [3.8, 4) is 0 Å². The normalized spacial score (nSPS) is 14.8. The lowest BCUT2D eigenvalue weighted by Crippen LogP contribution is -2.17. The third-order valence-electron chi connectivity index (χ3n) is 3.99. The Bertz CT molecular complexity index is 560. The molecule has 1 aliphatic rings. The van der Waals surface area contributed by atoms with Gasteiger partial charge in [0, 0.05) is 24.5 Å². The molecule has 0 fully saturated rings. The Morgan fingerprint density at radius 2 is 1.80 bits per heavy atom. The SMILES string of the molecule is CNCc1ccc(N2CCCCc3ccccc32)cc1. The summed E-state index contributed by atoms with van der Waals surface area (Å²) in [6.07, 6.45) is 3.74. The molecule has 0 spiro atoms. The summed E-state index contributed by atoms with van der Waals surface area (Å²) in [5.74, 6) is 0. The molecule has 20 heavy (non-hydrogen) atoms. The number of hydrogen-bond acceptors (Lipinski definition) is 2. The van der Waals surface area contributed by atoms with E-state index in [2.05, 4.69) is 58.7 Å². The van der Waals surface area contributed by atoms with E-state index in [-0.39, 0.29) is 0 Å². The first-order chi connectivity index (χ1) is 9.88. The fourth-order valence-corrected chi connectivity index (χ4v) is 2.96. The van der Waals surface area contributed by atoms with E-state index in [1.54, 1.807) is 0 Å². The van der Waals surface area contributed by atoms with Crippen LogP contribution in [0.25, 0.3) is 0 Å². The van der Waals surface area contributed by atoms with Crippen molar-refractivity contribution in [3.05, 3.63) is 59.7 Å². The van der Waals surface area contributed by atoms with Crippen LogP contribution < -0.4 is 10.2 Å². The molecule has 3 rings (SSSR count). The highest BCUT2D eigenvalue weighted by atomic mass is 15.1. The molecule has 0 saturated carbocycles. The summed E-state index contributed by atoms with van der Waals surface area (Å²) in [5.41, 5.74) is 5.49. The molecule has 2 nitrogen and oxygen atoms in total. The molecule has 1 N–H and O–H groups in total. The van der Waals surface area contributed by atoms with Crippen LogP contribution in [-0.4, -0.2) is 13.6 Å². The second-order valence-corrected chi connectivity index (χ2v) is 5.43. The van der Waals surface area contributed by atoms with Gasteiger partial charge in [0.15, 0.2) is 0 Å². The van der Waals surface area contributed by atoms with Gasteiger partial charge in [-0.05, 0) is 55.6 Å². The lowest BCUT2D eigenvalue weighted by molar-refractivity contribution is 0.761. The second-order valence-electron chi connectivity index (χ2n) is 5.43. The van der Waals surface area contributed by atoms with Crippen LogP contribution in [0.3, 0.4) is 0 Å². The van der Waals surface area contributed by atoms with Crippen LogP contribution in [0.4, 0.5) is 11.4 Å². The van der Waals surface area contributed by atoms with Gasteiger partial charge in [-0.15, -0.1) is 0 Å². The minimum Gasteiger partial charge on any atom is -0.341 e. The molecule has 0 saturated heterocycles. The third-order valence-corrected chi connectivity index (χ3v) is 3.99. The highest BCUT2D eigenvalue weighted by Crippen LogP contribution is 2.32. The predicted molar refractivity (Wildman–Crippen MR) is 85.6 cm³/mol. The number of benzene rings is 2. The molecule has 0 amide bonds. The van der Waals surface area contributed by atoms with Gasteiger partial charge in [0.2, 0.25) is 0 Å². The van der Waals surface area contributed by atoms with Crippen LogP contribution in [0.2, 0.25) is 0 Å². The summed E-state index contributed by atoms with van der Waals surface area (Å²) in [4.78, 5) is 2.46. The Kier molecular flexibility index (Phi) is 4.03. The molecule has 0 atom stereocenters. The number of hydrogen-bond donors (Lipinski definition) is 1.